The molecule has 0 saturated carbocycles. The summed E-state index contributed by atoms with van der Waals surface area (Å²) >= 11 is 0. The summed E-state index contributed by atoms with van der Waals surface area (Å²) in [4.78, 5) is 35.8. The highest BCUT2D eigenvalue weighted by atomic mass is 35.5. The minimum Gasteiger partial charge on any atom is -0.481 e. The molecule has 1 aliphatic heterocycles. The van der Waals surface area contributed by atoms with E-state index in [0.29, 0.717) is 17.5 Å². The molecule has 4 rings (SSSR count). The predicted octanol–water partition coefficient (Wildman–Crippen LogP) is 7.07. The van der Waals surface area contributed by atoms with Gasteiger partial charge in [0, 0.05) is 29.9 Å². The number of hydrogen-bond acceptors (Lipinski definition) is 6. The standard InChI is InChI=1S/C33H39N3O5SSi.ClH/c1-32(2,30(39)40-21-22-43(3,4)5)41-36-42-24-28(23-29(37)38)34-31(42)35-33(25-15-9-6-10-16-25,26-17-11-7-12-18-26)27-19-13-8-14-20-27;/h6-20,24H,21-23H2,1-5H3,(H,34,35)(H,37,38);1H. The molecule has 0 bridgehead atoms. The fraction of sp³-hybridized carbons (Fsp3) is 0.303. The van der Waals surface area contributed by atoms with Crippen LogP contribution in [0.3, 0.4) is 0 Å². The third-order valence-electron chi connectivity index (χ3n) is 6.83. The van der Waals surface area contributed by atoms with E-state index in [1.807, 2.05) is 91.0 Å². The van der Waals surface area contributed by atoms with Gasteiger partial charge in [0.15, 0.2) is 10.8 Å². The molecule has 1 unspecified atom stereocenters. The molecule has 8 nitrogen and oxygen atoms in total. The number of benzene rings is 3. The Morgan fingerprint density at radius 2 is 1.34 bits per heavy atom. The maximum Gasteiger partial charge on any atom is 0.340 e. The first kappa shape index (κ1) is 34.9. The summed E-state index contributed by atoms with van der Waals surface area (Å²) in [5, 5.41) is 14.9. The Kier molecular flexibility index (Phi) is 11.9. The molecule has 0 amide bonds. The zero-order chi connectivity index (χ0) is 31.1. The van der Waals surface area contributed by atoms with Crippen LogP contribution in [0.2, 0.25) is 25.7 Å². The normalized spacial score (nSPS) is 16.2. The van der Waals surface area contributed by atoms with Gasteiger partial charge in [-0.1, -0.05) is 115 Å². The molecule has 0 aromatic heterocycles. The fourth-order valence-corrected chi connectivity index (χ4v) is 6.55. The van der Waals surface area contributed by atoms with Crippen LogP contribution in [-0.2, 0) is 35.4 Å². The van der Waals surface area contributed by atoms with Crippen LogP contribution in [0.5, 0.6) is 0 Å². The van der Waals surface area contributed by atoms with Crippen LogP contribution in [0.1, 0.15) is 37.0 Å². The first-order chi connectivity index (χ1) is 20.4. The zero-order valence-corrected chi connectivity index (χ0v) is 28.3. The zero-order valence-electron chi connectivity index (χ0n) is 25.7. The van der Waals surface area contributed by atoms with E-state index in [1.54, 1.807) is 19.3 Å². The third kappa shape index (κ3) is 8.75. The fourth-order valence-electron chi connectivity index (χ4n) is 4.47. The van der Waals surface area contributed by atoms with Crippen molar-refractivity contribution in [1.29, 1.82) is 0 Å². The predicted molar refractivity (Wildman–Crippen MR) is 181 cm³/mol. The molecule has 1 aliphatic rings. The van der Waals surface area contributed by atoms with Gasteiger partial charge in [-0.2, -0.15) is 0 Å². The first-order valence-corrected chi connectivity index (χ1v) is 19.1. The van der Waals surface area contributed by atoms with Crippen LogP contribution in [0.25, 0.3) is 0 Å². The van der Waals surface area contributed by atoms with Gasteiger partial charge in [-0.3, -0.25) is 4.79 Å². The van der Waals surface area contributed by atoms with E-state index in [2.05, 4.69) is 29.5 Å². The molecule has 44 heavy (non-hydrogen) atoms. The number of hydrogen-bond donors (Lipinski definition) is 2. The molecule has 3 aromatic rings. The van der Waals surface area contributed by atoms with Gasteiger partial charge in [-0.05, 0) is 36.6 Å². The Morgan fingerprint density at radius 1 is 0.864 bits per heavy atom. The molecule has 234 valence electrons. The van der Waals surface area contributed by atoms with Gasteiger partial charge in [0.2, 0.25) is 0 Å². The van der Waals surface area contributed by atoms with Crippen LogP contribution < -0.4 is 5.32 Å². The van der Waals surface area contributed by atoms with E-state index >= 15 is 0 Å². The van der Waals surface area contributed by atoms with Gasteiger partial charge in [-0.25, -0.2) is 14.6 Å². The largest absolute Gasteiger partial charge is 0.481 e. The van der Waals surface area contributed by atoms with Gasteiger partial charge < -0.3 is 15.2 Å². The van der Waals surface area contributed by atoms with E-state index < -0.39 is 41.8 Å². The Bertz CT molecular complexity index is 1430. The summed E-state index contributed by atoms with van der Waals surface area (Å²) in [6.07, 6.45) is -0.241. The summed E-state index contributed by atoms with van der Waals surface area (Å²) in [6, 6.07) is 30.7. The second-order valence-electron chi connectivity index (χ2n) is 12.0. The van der Waals surface area contributed by atoms with Crippen LogP contribution in [0.4, 0.5) is 0 Å². The van der Waals surface area contributed by atoms with Crippen molar-refractivity contribution in [1.82, 2.24) is 5.32 Å². The number of carboxylic acids is 1. The van der Waals surface area contributed by atoms with Crippen molar-refractivity contribution in [3.05, 3.63) is 119 Å². The van der Waals surface area contributed by atoms with E-state index in [0.717, 1.165) is 22.7 Å². The highest BCUT2D eigenvalue weighted by molar-refractivity contribution is 8.05. The number of carboxylic acid groups (broad SMARTS) is 1. The molecule has 0 radical (unpaired) electrons. The number of ether oxygens (including phenoxy) is 1. The Labute approximate surface area is 269 Å². The monoisotopic (exact) mass is 653 g/mol. The van der Waals surface area contributed by atoms with Crippen molar-refractivity contribution in [2.45, 2.75) is 57.1 Å². The van der Waals surface area contributed by atoms with Crippen molar-refractivity contribution < 1.29 is 24.3 Å². The van der Waals surface area contributed by atoms with Gasteiger partial charge in [-0.15, -0.1) is 12.4 Å². The van der Waals surface area contributed by atoms with Crippen LogP contribution in [0, 0.1) is 0 Å². The SMILES string of the molecule is CC(C)(ON=S1C=C(CC(=O)O)NC1=NC(c1ccccc1)(c1ccccc1)c1ccccc1)C(=O)OCC[Si](C)(C)C.Cl. The molecule has 0 saturated heterocycles. The number of carbonyl (C=O) groups is 2. The molecular formula is C33H40ClN3O5SSi. The molecule has 0 spiro atoms. The first-order valence-electron chi connectivity index (χ1n) is 14.2. The van der Waals surface area contributed by atoms with Crippen molar-refractivity contribution in [3.63, 3.8) is 0 Å². The quantitative estimate of drug-likeness (QED) is 0.0937. The van der Waals surface area contributed by atoms with Crippen molar-refractivity contribution in [2.75, 3.05) is 6.61 Å². The van der Waals surface area contributed by atoms with Gasteiger partial charge in [0.05, 0.1) is 13.0 Å². The molecule has 1 heterocycles. The van der Waals surface area contributed by atoms with Crippen LogP contribution >= 0.6 is 12.4 Å². The lowest BCUT2D eigenvalue weighted by molar-refractivity contribution is -0.167. The maximum atomic E-state index is 12.9. The minimum absolute atomic E-state index is 0. The van der Waals surface area contributed by atoms with Gasteiger partial charge in [0.1, 0.15) is 5.54 Å². The number of halogens is 1. The molecule has 0 fully saturated rings. The number of rotatable bonds is 12. The van der Waals surface area contributed by atoms with E-state index in [-0.39, 0.29) is 18.8 Å². The van der Waals surface area contributed by atoms with Gasteiger partial charge >= 0.3 is 11.9 Å². The summed E-state index contributed by atoms with van der Waals surface area (Å²) in [5.41, 5.74) is 0.860. The number of amidine groups is 1. The number of nitrogens with one attached hydrogen (secondary N) is 1. The molecule has 1 atom stereocenters. The second kappa shape index (κ2) is 14.9. The van der Waals surface area contributed by atoms with Crippen molar-refractivity contribution in [2.24, 2.45) is 9.52 Å². The molecule has 2 N–H and O–H groups in total. The smallest absolute Gasteiger partial charge is 0.340 e. The second-order valence-corrected chi connectivity index (χ2v) is 19.0. The van der Waals surface area contributed by atoms with E-state index in [4.69, 9.17) is 14.6 Å². The lowest BCUT2D eigenvalue weighted by atomic mass is 9.77. The van der Waals surface area contributed by atoms with E-state index in [9.17, 15) is 14.7 Å². The third-order valence-corrected chi connectivity index (χ3v) is 9.86. The van der Waals surface area contributed by atoms with Gasteiger partial charge in [0.25, 0.3) is 0 Å². The molecule has 0 aliphatic carbocycles. The summed E-state index contributed by atoms with van der Waals surface area (Å²) in [7, 11) is -2.53. The van der Waals surface area contributed by atoms with Crippen LogP contribution in [0.15, 0.2) is 112 Å². The Balaban J connectivity index is 0.00000529. The summed E-state index contributed by atoms with van der Waals surface area (Å²) in [6.45, 7) is 10.2. The topological polar surface area (TPSA) is 110 Å². The summed E-state index contributed by atoms with van der Waals surface area (Å²) in [5.74, 6) is -1.50. The highest BCUT2D eigenvalue weighted by Gasteiger charge is 2.38. The Morgan fingerprint density at radius 3 is 1.77 bits per heavy atom. The molecule has 3 aromatic carbocycles. The average molecular weight is 654 g/mol. The van der Waals surface area contributed by atoms with Crippen LogP contribution in [-0.4, -0.2) is 42.5 Å². The summed E-state index contributed by atoms with van der Waals surface area (Å²) < 4.78 is 9.98. The average Bonchev–Trinajstić information content (AvgIpc) is 3.35. The van der Waals surface area contributed by atoms with E-state index in [1.165, 1.54) is 0 Å². The minimum atomic E-state index is -1.38. The van der Waals surface area contributed by atoms with Crippen molar-refractivity contribution >= 4 is 48.3 Å². The Hall–Kier alpha value is -3.57. The lowest BCUT2D eigenvalue weighted by Gasteiger charge is -2.32. The number of nitrogens with zero attached hydrogens (tertiary/aromatic N) is 2. The number of aliphatic carboxylic acids is 1. The highest BCUT2D eigenvalue weighted by Crippen LogP contribution is 2.41. The lowest BCUT2D eigenvalue weighted by Crippen LogP contribution is -2.37. The van der Waals surface area contributed by atoms with Crippen molar-refractivity contribution in [3.8, 4) is 0 Å². The number of carbonyl (C=O) groups excluding carboxylic acids is 1. The molecule has 11 heteroatoms. The maximum absolute atomic E-state index is 12.9. The number of aliphatic imine (C=N–C) groups is 1. The molecular weight excluding hydrogens is 614 g/mol. The number of esters is 1.